The molecule has 2 atom stereocenters. The van der Waals surface area contributed by atoms with Crippen LogP contribution in [0.4, 0.5) is 30.7 Å². The second-order valence-corrected chi connectivity index (χ2v) is 12.8. The number of halogens is 7. The lowest BCUT2D eigenvalue weighted by Crippen LogP contribution is -2.23. The molecule has 262 valence electrons. The molecule has 0 radical (unpaired) electrons. The number of hydrogen-bond acceptors (Lipinski definition) is 6. The van der Waals surface area contributed by atoms with E-state index in [9.17, 15) is 36.6 Å². The minimum atomic E-state index is -5.07. The molecular weight excluding hydrogens is 687 g/mol. The summed E-state index contributed by atoms with van der Waals surface area (Å²) in [7, 11) is 0. The third-order valence-electron chi connectivity index (χ3n) is 8.43. The molecule has 1 amide bonds. The lowest BCUT2D eigenvalue weighted by molar-refractivity contribution is -0.142. The van der Waals surface area contributed by atoms with Gasteiger partial charge in [0, 0.05) is 41.3 Å². The first-order valence-electron chi connectivity index (χ1n) is 15.3. The highest BCUT2D eigenvalue weighted by molar-refractivity contribution is 6.10. The molecule has 1 saturated carbocycles. The van der Waals surface area contributed by atoms with Crippen molar-refractivity contribution in [3.63, 3.8) is 0 Å². The third-order valence-corrected chi connectivity index (χ3v) is 8.43. The van der Waals surface area contributed by atoms with Crippen LogP contribution in [0.5, 0.6) is 0 Å². The molecule has 0 spiro atoms. The molecule has 0 aliphatic heterocycles. The van der Waals surface area contributed by atoms with E-state index in [1.54, 1.807) is 6.07 Å². The Labute approximate surface area is 282 Å². The topological polar surface area (TPSA) is 131 Å². The van der Waals surface area contributed by atoms with Gasteiger partial charge in [0.2, 0.25) is 0 Å². The minimum absolute atomic E-state index is 0.0350. The third kappa shape index (κ3) is 6.42. The van der Waals surface area contributed by atoms with Crippen molar-refractivity contribution in [1.82, 2.24) is 29.4 Å². The van der Waals surface area contributed by atoms with Crippen LogP contribution in [-0.2, 0) is 29.9 Å². The number of carbonyl (C=O) groups excluding carboxylic acids is 1. The quantitative estimate of drug-likeness (QED) is 0.142. The van der Waals surface area contributed by atoms with Gasteiger partial charge in [0.25, 0.3) is 11.8 Å². The summed E-state index contributed by atoms with van der Waals surface area (Å²) in [5.41, 5.74) is -4.78. The summed E-state index contributed by atoms with van der Waals surface area (Å²) in [5, 5.41) is 19.7. The van der Waals surface area contributed by atoms with E-state index in [1.165, 1.54) is 42.6 Å². The van der Waals surface area contributed by atoms with Gasteiger partial charge in [0.05, 0.1) is 11.4 Å². The number of aliphatic imine (C=N–C) groups is 1. The summed E-state index contributed by atoms with van der Waals surface area (Å²) < 4.78 is 102. The zero-order valence-electron chi connectivity index (χ0n) is 26.5. The Morgan fingerprint density at radius 2 is 1.84 bits per heavy atom. The van der Waals surface area contributed by atoms with Crippen LogP contribution in [0.1, 0.15) is 60.1 Å². The number of alkyl halides is 5. The van der Waals surface area contributed by atoms with Crippen LogP contribution in [0.25, 0.3) is 16.8 Å². The first-order chi connectivity index (χ1) is 23.9. The van der Waals surface area contributed by atoms with Gasteiger partial charge in [-0.3, -0.25) is 9.48 Å². The highest BCUT2D eigenvalue weighted by Gasteiger charge is 2.68. The molecule has 7 rings (SSSR count). The zero-order chi connectivity index (χ0) is 36.6. The van der Waals surface area contributed by atoms with E-state index in [-0.39, 0.29) is 40.3 Å². The number of H-pyrrole nitrogens is 1. The van der Waals surface area contributed by atoms with E-state index in [4.69, 9.17) is 0 Å². The smallest absolute Gasteiger partial charge is 0.378 e. The molecule has 2 aliphatic rings. The molecule has 4 aromatic heterocycles. The number of pyridine rings is 2. The van der Waals surface area contributed by atoms with E-state index in [1.807, 2.05) is 0 Å². The fourth-order valence-corrected chi connectivity index (χ4v) is 6.25. The van der Waals surface area contributed by atoms with Gasteiger partial charge in [0.15, 0.2) is 11.3 Å². The maximum absolute atomic E-state index is 15.2. The Morgan fingerprint density at radius 1 is 1.12 bits per heavy atom. The molecular formula is C34H24F7N7O3. The Balaban J connectivity index is 1.39. The molecule has 0 bridgehead atoms. The standard InChI is InChI=1S/C34H24F7N7O3/c1-32(2,51)8-7-20-4-5-21(17-3-6-25-44-45-31(50)47(25)14-17)28(42-20)24(11-16-9-18(35)12-19(36)10-16)43-26(49)15-48-30-27(29(46-48)34(39,40)41)22-13-23(22)33(30,37)38/h3-6,9-10,12,14,22-23,51H,11,13,15H2,1-2H3,(H,45,50)/t22-,23+/m0/s1. The van der Waals surface area contributed by atoms with E-state index in [0.717, 1.165) is 12.1 Å². The molecule has 0 saturated heterocycles. The number of nitrogens with one attached hydrogen (secondary N) is 1. The van der Waals surface area contributed by atoms with E-state index in [0.29, 0.717) is 16.3 Å². The Hall–Kier alpha value is -5.63. The molecule has 1 fully saturated rings. The van der Waals surface area contributed by atoms with Crippen molar-refractivity contribution in [2.24, 2.45) is 10.9 Å². The molecule has 1 aromatic carbocycles. The molecule has 0 unspecified atom stereocenters. The zero-order valence-corrected chi connectivity index (χ0v) is 26.5. The Morgan fingerprint density at radius 3 is 2.53 bits per heavy atom. The number of hydrogen-bond donors (Lipinski definition) is 2. The van der Waals surface area contributed by atoms with Crippen LogP contribution in [-0.4, -0.2) is 51.7 Å². The number of fused-ring (bicyclic) bond motifs is 4. The summed E-state index contributed by atoms with van der Waals surface area (Å²) in [6.45, 7) is 1.71. The average molecular weight is 712 g/mol. The maximum atomic E-state index is 15.2. The van der Waals surface area contributed by atoms with Crippen LogP contribution in [0, 0.1) is 29.4 Å². The molecule has 17 heteroatoms. The lowest BCUT2D eigenvalue weighted by atomic mass is 9.97. The summed E-state index contributed by atoms with van der Waals surface area (Å²) in [6, 6.07) is 8.53. The van der Waals surface area contributed by atoms with Crippen LogP contribution < -0.4 is 5.69 Å². The summed E-state index contributed by atoms with van der Waals surface area (Å²) in [6.07, 6.45) is -4.30. The van der Waals surface area contributed by atoms with Crippen molar-refractivity contribution in [3.8, 4) is 23.0 Å². The van der Waals surface area contributed by atoms with Gasteiger partial charge in [-0.2, -0.15) is 32.1 Å². The van der Waals surface area contributed by atoms with Gasteiger partial charge in [-0.15, -0.1) is 0 Å². The van der Waals surface area contributed by atoms with Crippen LogP contribution >= 0.6 is 0 Å². The van der Waals surface area contributed by atoms with Crippen LogP contribution in [0.2, 0.25) is 0 Å². The van der Waals surface area contributed by atoms with Gasteiger partial charge in [-0.1, -0.05) is 5.92 Å². The van der Waals surface area contributed by atoms with Gasteiger partial charge >= 0.3 is 11.9 Å². The normalized spacial score (nSPS) is 18.0. The average Bonchev–Trinajstić information content (AvgIpc) is 3.54. The van der Waals surface area contributed by atoms with Crippen molar-refractivity contribution in [1.29, 1.82) is 0 Å². The van der Waals surface area contributed by atoms with Gasteiger partial charge in [0.1, 0.15) is 35.2 Å². The minimum Gasteiger partial charge on any atom is -0.378 e. The van der Waals surface area contributed by atoms with Crippen molar-refractivity contribution in [2.45, 2.75) is 56.9 Å². The summed E-state index contributed by atoms with van der Waals surface area (Å²) >= 11 is 0. The summed E-state index contributed by atoms with van der Waals surface area (Å²) in [4.78, 5) is 34.6. The number of aromatic amines is 1. The molecule has 4 heterocycles. The lowest BCUT2D eigenvalue weighted by Gasteiger charge is -2.15. The monoisotopic (exact) mass is 711 g/mol. The molecule has 10 nitrogen and oxygen atoms in total. The van der Waals surface area contributed by atoms with Crippen LogP contribution in [0.3, 0.4) is 0 Å². The number of carbonyl (C=O) groups is 1. The first kappa shape index (κ1) is 33.8. The maximum Gasteiger partial charge on any atom is 0.435 e. The van der Waals surface area contributed by atoms with Crippen molar-refractivity contribution >= 4 is 17.3 Å². The van der Waals surface area contributed by atoms with Crippen molar-refractivity contribution in [2.75, 3.05) is 0 Å². The highest BCUT2D eigenvalue weighted by atomic mass is 19.4. The fourth-order valence-electron chi connectivity index (χ4n) is 6.25. The summed E-state index contributed by atoms with van der Waals surface area (Å²) in [5.74, 6) is -3.94. The van der Waals surface area contributed by atoms with E-state index >= 15 is 8.78 Å². The number of amides is 1. The predicted octanol–water partition coefficient (Wildman–Crippen LogP) is 5.17. The SMILES string of the molecule is CC(C)(O)C#Cc1ccc(-c2ccc3n[nH]c(=O)n3c2)c(C(Cc2cc(F)cc(F)c2)=NC(=O)Cn2nc(C(F)(F)F)c3c2C(F)(F)[C@@H]2C[C@H]32)n1. The van der Waals surface area contributed by atoms with Crippen molar-refractivity contribution < 1.29 is 40.6 Å². The van der Waals surface area contributed by atoms with Crippen LogP contribution in [0.15, 0.2) is 58.4 Å². The predicted molar refractivity (Wildman–Crippen MR) is 166 cm³/mol. The largest absolute Gasteiger partial charge is 0.435 e. The number of aromatic nitrogens is 6. The fraction of sp³-hybridized carbons (Fsp3) is 0.294. The molecule has 2 N–H and O–H groups in total. The second kappa shape index (κ2) is 11.7. The molecule has 5 aromatic rings. The first-order valence-corrected chi connectivity index (χ1v) is 15.3. The Kier molecular flexibility index (Phi) is 7.78. The van der Waals surface area contributed by atoms with E-state index < -0.39 is 82.7 Å². The van der Waals surface area contributed by atoms with Gasteiger partial charge < -0.3 is 5.11 Å². The number of benzene rings is 1. The Bertz CT molecular complexity index is 2390. The number of rotatable bonds is 6. The highest BCUT2D eigenvalue weighted by Crippen LogP contribution is 2.68. The van der Waals surface area contributed by atoms with Gasteiger partial charge in [-0.05, 0) is 74.1 Å². The number of aliphatic hydroxyl groups is 1. The van der Waals surface area contributed by atoms with Crippen molar-refractivity contribution in [3.05, 3.63) is 105 Å². The van der Waals surface area contributed by atoms with Gasteiger partial charge in [-0.25, -0.2) is 33.1 Å². The molecule has 51 heavy (non-hydrogen) atoms. The second-order valence-electron chi connectivity index (χ2n) is 12.8. The van der Waals surface area contributed by atoms with E-state index in [2.05, 4.69) is 37.1 Å². The molecule has 2 aliphatic carbocycles. The number of nitrogens with zero attached hydrogens (tertiary/aromatic N) is 6.